The molecule has 34 heavy (non-hydrogen) atoms. The predicted molar refractivity (Wildman–Crippen MR) is 128 cm³/mol. The number of hydrogen-bond acceptors (Lipinski definition) is 4. The summed E-state index contributed by atoms with van der Waals surface area (Å²) in [6, 6.07) is 21.9. The van der Waals surface area contributed by atoms with Gasteiger partial charge in [0.05, 0.1) is 33.6 Å². The molecule has 5 aromatic rings. The summed E-state index contributed by atoms with van der Waals surface area (Å²) in [6.45, 7) is 0.00388. The van der Waals surface area contributed by atoms with Crippen LogP contribution in [0.2, 0.25) is 0 Å². The highest BCUT2D eigenvalue weighted by atomic mass is 32.1. The van der Waals surface area contributed by atoms with E-state index in [1.807, 2.05) is 54.6 Å². The minimum absolute atomic E-state index is 0.00388. The lowest BCUT2D eigenvalue weighted by Crippen LogP contribution is -2.17. The summed E-state index contributed by atoms with van der Waals surface area (Å²) in [5.74, 6) is 0. The van der Waals surface area contributed by atoms with Crippen molar-refractivity contribution < 1.29 is 13.2 Å². The molecule has 170 valence electrons. The van der Waals surface area contributed by atoms with E-state index in [4.69, 9.17) is 0 Å². The monoisotopic (exact) mass is 478 g/mol. The zero-order valence-electron chi connectivity index (χ0n) is 17.6. The van der Waals surface area contributed by atoms with Gasteiger partial charge in [0.15, 0.2) is 0 Å². The first-order valence-electron chi connectivity index (χ1n) is 10.3. The SMILES string of the molecule is O=c1c(C=NCc2cccc(C(F)(F)F)c2)c(-c2ccccc2)[nH]n1-c1nc2ccccc2s1. The number of thiazole rings is 1. The Morgan fingerprint density at radius 1 is 1.00 bits per heavy atom. The first kappa shape index (κ1) is 21.8. The van der Waals surface area contributed by atoms with E-state index in [1.165, 1.54) is 28.3 Å². The minimum Gasteiger partial charge on any atom is -0.288 e. The lowest BCUT2D eigenvalue weighted by atomic mass is 10.1. The van der Waals surface area contributed by atoms with Gasteiger partial charge in [-0.1, -0.05) is 65.9 Å². The summed E-state index contributed by atoms with van der Waals surface area (Å²) in [7, 11) is 0. The number of fused-ring (bicyclic) bond motifs is 1. The number of nitrogens with one attached hydrogen (secondary N) is 1. The van der Waals surface area contributed by atoms with E-state index in [0.29, 0.717) is 22.0 Å². The fourth-order valence-electron chi connectivity index (χ4n) is 3.57. The molecule has 0 saturated heterocycles. The van der Waals surface area contributed by atoms with Gasteiger partial charge < -0.3 is 0 Å². The molecule has 5 nitrogen and oxygen atoms in total. The number of benzene rings is 3. The van der Waals surface area contributed by atoms with Gasteiger partial charge in [-0.15, -0.1) is 0 Å². The maximum absolute atomic E-state index is 13.3. The number of aromatic amines is 1. The smallest absolute Gasteiger partial charge is 0.288 e. The summed E-state index contributed by atoms with van der Waals surface area (Å²) >= 11 is 1.38. The summed E-state index contributed by atoms with van der Waals surface area (Å²) in [5, 5.41) is 3.62. The van der Waals surface area contributed by atoms with Gasteiger partial charge in [0.25, 0.3) is 5.56 Å². The van der Waals surface area contributed by atoms with E-state index in [0.717, 1.165) is 27.9 Å². The number of halogens is 3. The second kappa shape index (κ2) is 8.75. The van der Waals surface area contributed by atoms with E-state index in [-0.39, 0.29) is 12.1 Å². The molecule has 0 radical (unpaired) electrons. The molecule has 0 atom stereocenters. The Hall–Kier alpha value is -3.98. The number of alkyl halides is 3. The average molecular weight is 478 g/mol. The standard InChI is InChI=1S/C25H17F3N4OS/c26-25(27,28)18-10-6-7-16(13-18)14-29-15-19-22(17-8-2-1-3-9-17)31-32(23(19)33)24-30-20-11-4-5-12-21(20)34-24/h1-13,15,31H,14H2. The number of nitrogens with zero attached hydrogens (tertiary/aromatic N) is 3. The number of para-hydroxylation sites is 1. The number of aliphatic imine (C=N–C) groups is 1. The van der Waals surface area contributed by atoms with Crippen molar-refractivity contribution >= 4 is 27.8 Å². The van der Waals surface area contributed by atoms with Crippen LogP contribution in [0, 0.1) is 0 Å². The summed E-state index contributed by atoms with van der Waals surface area (Å²) in [6.07, 6.45) is -3.02. The Morgan fingerprint density at radius 2 is 1.76 bits per heavy atom. The van der Waals surface area contributed by atoms with Crippen LogP contribution in [0.4, 0.5) is 13.2 Å². The van der Waals surface area contributed by atoms with Gasteiger partial charge >= 0.3 is 6.18 Å². The van der Waals surface area contributed by atoms with Gasteiger partial charge in [0.1, 0.15) is 0 Å². The van der Waals surface area contributed by atoms with E-state index in [1.54, 1.807) is 6.07 Å². The molecule has 0 aliphatic carbocycles. The largest absolute Gasteiger partial charge is 0.416 e. The zero-order valence-corrected chi connectivity index (χ0v) is 18.4. The molecule has 0 unspecified atom stereocenters. The number of aromatic nitrogens is 3. The number of H-pyrrole nitrogens is 1. The second-order valence-corrected chi connectivity index (χ2v) is 8.55. The molecule has 0 amide bonds. The molecule has 0 bridgehead atoms. The highest BCUT2D eigenvalue weighted by molar-refractivity contribution is 7.20. The van der Waals surface area contributed by atoms with Crippen LogP contribution < -0.4 is 5.56 Å². The van der Waals surface area contributed by atoms with Crippen LogP contribution in [0.5, 0.6) is 0 Å². The topological polar surface area (TPSA) is 63.0 Å². The summed E-state index contributed by atoms with van der Waals surface area (Å²) in [4.78, 5) is 22.2. The third-order valence-electron chi connectivity index (χ3n) is 5.21. The highest BCUT2D eigenvalue weighted by Gasteiger charge is 2.30. The van der Waals surface area contributed by atoms with Gasteiger partial charge in [0, 0.05) is 11.8 Å². The van der Waals surface area contributed by atoms with Gasteiger partial charge in [-0.3, -0.25) is 14.9 Å². The van der Waals surface area contributed by atoms with Gasteiger partial charge in [0.2, 0.25) is 5.13 Å². The Bertz CT molecular complexity index is 1510. The maximum Gasteiger partial charge on any atom is 0.416 e. The third kappa shape index (κ3) is 4.29. The number of rotatable bonds is 5. The fourth-order valence-corrected chi connectivity index (χ4v) is 4.50. The van der Waals surface area contributed by atoms with E-state index in [2.05, 4.69) is 15.1 Å². The Morgan fingerprint density at radius 3 is 2.53 bits per heavy atom. The molecule has 2 heterocycles. The van der Waals surface area contributed by atoms with Gasteiger partial charge in [-0.25, -0.2) is 4.98 Å². The normalized spacial score (nSPS) is 12.1. The molecule has 5 rings (SSSR count). The van der Waals surface area contributed by atoms with E-state index in [9.17, 15) is 18.0 Å². The van der Waals surface area contributed by atoms with Crippen LogP contribution in [0.15, 0.2) is 88.6 Å². The van der Waals surface area contributed by atoms with Crippen LogP contribution >= 0.6 is 11.3 Å². The van der Waals surface area contributed by atoms with Crippen molar-refractivity contribution in [2.45, 2.75) is 12.7 Å². The average Bonchev–Trinajstić information content (AvgIpc) is 3.40. The van der Waals surface area contributed by atoms with Crippen molar-refractivity contribution in [1.29, 1.82) is 0 Å². The van der Waals surface area contributed by atoms with Crippen LogP contribution in [0.3, 0.4) is 0 Å². The van der Waals surface area contributed by atoms with Crippen molar-refractivity contribution in [1.82, 2.24) is 14.8 Å². The summed E-state index contributed by atoms with van der Waals surface area (Å²) in [5.41, 5.74) is 1.74. The quantitative estimate of drug-likeness (QED) is 0.311. The Balaban J connectivity index is 1.54. The fraction of sp³-hybridized carbons (Fsp3) is 0.0800. The molecule has 1 N–H and O–H groups in total. The van der Waals surface area contributed by atoms with Crippen LogP contribution in [-0.2, 0) is 12.7 Å². The van der Waals surface area contributed by atoms with Gasteiger partial charge in [-0.05, 0) is 29.8 Å². The molecule has 2 aromatic heterocycles. The first-order valence-corrected chi connectivity index (χ1v) is 11.1. The van der Waals surface area contributed by atoms with Crippen LogP contribution in [-0.4, -0.2) is 21.0 Å². The molecule has 0 aliphatic rings. The second-order valence-electron chi connectivity index (χ2n) is 7.54. The maximum atomic E-state index is 13.3. The van der Waals surface area contributed by atoms with Crippen LogP contribution in [0.1, 0.15) is 16.7 Å². The Kier molecular flexibility index (Phi) is 5.62. The molecular formula is C25H17F3N4OS. The molecule has 3 aromatic carbocycles. The molecule has 0 saturated carbocycles. The highest BCUT2D eigenvalue weighted by Crippen LogP contribution is 2.30. The van der Waals surface area contributed by atoms with E-state index >= 15 is 0 Å². The molecular weight excluding hydrogens is 461 g/mol. The van der Waals surface area contributed by atoms with Gasteiger partial charge in [-0.2, -0.15) is 17.9 Å². The predicted octanol–water partition coefficient (Wildman–Crippen LogP) is 6.08. The molecule has 0 aliphatic heterocycles. The lowest BCUT2D eigenvalue weighted by Gasteiger charge is -2.07. The zero-order chi connectivity index (χ0) is 23.7. The van der Waals surface area contributed by atoms with Crippen molar-refractivity contribution in [2.24, 2.45) is 4.99 Å². The lowest BCUT2D eigenvalue weighted by molar-refractivity contribution is -0.137. The van der Waals surface area contributed by atoms with E-state index < -0.39 is 11.7 Å². The van der Waals surface area contributed by atoms with Crippen LogP contribution in [0.25, 0.3) is 26.6 Å². The first-order chi connectivity index (χ1) is 16.4. The van der Waals surface area contributed by atoms with Crippen molar-refractivity contribution in [2.75, 3.05) is 0 Å². The summed E-state index contributed by atoms with van der Waals surface area (Å²) < 4.78 is 41.3. The Labute approximate surface area is 195 Å². The molecule has 0 fully saturated rings. The molecule has 9 heteroatoms. The van der Waals surface area contributed by atoms with Crippen molar-refractivity contribution in [3.05, 3.63) is 106 Å². The number of hydrogen-bond donors (Lipinski definition) is 1. The third-order valence-corrected chi connectivity index (χ3v) is 6.23. The molecule has 0 spiro atoms. The van der Waals surface area contributed by atoms with Crippen molar-refractivity contribution in [3.63, 3.8) is 0 Å². The minimum atomic E-state index is -4.42. The van der Waals surface area contributed by atoms with Crippen molar-refractivity contribution in [3.8, 4) is 16.4 Å².